The fraction of sp³-hybridized carbons (Fsp3) is 0.440. The Hall–Kier alpha value is -2.80. The molecule has 1 unspecified atom stereocenters. The molecule has 0 bridgehead atoms. The van der Waals surface area contributed by atoms with Crippen LogP contribution in [0.2, 0.25) is 0 Å². The molecule has 7 heteroatoms. The summed E-state index contributed by atoms with van der Waals surface area (Å²) < 4.78 is 35.9. The van der Waals surface area contributed by atoms with Gasteiger partial charge in [-0.15, -0.1) is 0 Å². The van der Waals surface area contributed by atoms with Gasteiger partial charge in [-0.3, -0.25) is 0 Å². The number of hydrogen-bond acceptors (Lipinski definition) is 5. The second-order valence-electron chi connectivity index (χ2n) is 8.73. The molecular formula is C25H29F2N3O2. The second kappa shape index (κ2) is 10.2. The van der Waals surface area contributed by atoms with E-state index in [4.69, 9.17) is 9.26 Å². The zero-order valence-corrected chi connectivity index (χ0v) is 18.5. The number of halogens is 2. The molecule has 1 aliphatic rings. The van der Waals surface area contributed by atoms with E-state index < -0.39 is 6.86 Å². The zero-order valence-electron chi connectivity index (χ0n) is 18.5. The SMILES string of the molecule is CN(C)C(c1ccc(F)cc1)C1CCC(Cc2nc(-c3ccc(OCF)cc3)no2)CC1. The quantitative estimate of drug-likeness (QED) is 0.440. The van der Waals surface area contributed by atoms with Gasteiger partial charge in [0.05, 0.1) is 0 Å². The molecule has 170 valence electrons. The van der Waals surface area contributed by atoms with E-state index >= 15 is 0 Å². The van der Waals surface area contributed by atoms with Crippen LogP contribution >= 0.6 is 0 Å². The predicted octanol–water partition coefficient (Wildman–Crippen LogP) is 5.83. The number of rotatable bonds is 8. The highest BCUT2D eigenvalue weighted by molar-refractivity contribution is 5.55. The Morgan fingerprint density at radius 3 is 2.34 bits per heavy atom. The smallest absolute Gasteiger partial charge is 0.228 e. The van der Waals surface area contributed by atoms with Crippen molar-refractivity contribution in [1.29, 1.82) is 0 Å². The summed E-state index contributed by atoms with van der Waals surface area (Å²) in [5.41, 5.74) is 1.98. The molecule has 0 amide bonds. The zero-order chi connectivity index (χ0) is 22.5. The van der Waals surface area contributed by atoms with Crippen molar-refractivity contribution in [3.8, 4) is 17.1 Å². The molecule has 0 N–H and O–H groups in total. The third kappa shape index (κ3) is 5.33. The predicted molar refractivity (Wildman–Crippen MR) is 118 cm³/mol. The molecule has 1 aromatic heterocycles. The van der Waals surface area contributed by atoms with Gasteiger partial charge in [-0.25, -0.2) is 8.78 Å². The van der Waals surface area contributed by atoms with Crippen LogP contribution < -0.4 is 4.74 Å². The third-order valence-electron chi connectivity index (χ3n) is 6.37. The van der Waals surface area contributed by atoms with Gasteiger partial charge in [-0.1, -0.05) is 17.3 Å². The molecule has 32 heavy (non-hydrogen) atoms. The lowest BCUT2D eigenvalue weighted by Gasteiger charge is -2.37. The van der Waals surface area contributed by atoms with Gasteiger partial charge in [0.15, 0.2) is 0 Å². The van der Waals surface area contributed by atoms with E-state index in [1.54, 1.807) is 36.4 Å². The van der Waals surface area contributed by atoms with Crippen LogP contribution in [0.3, 0.4) is 0 Å². The average Bonchev–Trinajstić information content (AvgIpc) is 3.25. The monoisotopic (exact) mass is 441 g/mol. The van der Waals surface area contributed by atoms with Crippen LogP contribution in [0, 0.1) is 17.7 Å². The van der Waals surface area contributed by atoms with Crippen LogP contribution in [0.1, 0.15) is 43.2 Å². The van der Waals surface area contributed by atoms with E-state index in [9.17, 15) is 8.78 Å². The molecule has 4 rings (SSSR count). The van der Waals surface area contributed by atoms with Crippen LogP contribution in [-0.4, -0.2) is 36.0 Å². The van der Waals surface area contributed by atoms with Gasteiger partial charge in [0.25, 0.3) is 0 Å². The molecule has 3 aromatic rings. The van der Waals surface area contributed by atoms with E-state index in [2.05, 4.69) is 29.1 Å². The molecule has 0 radical (unpaired) electrons. The highest BCUT2D eigenvalue weighted by Crippen LogP contribution is 2.40. The van der Waals surface area contributed by atoms with Crippen LogP contribution in [0.5, 0.6) is 5.75 Å². The van der Waals surface area contributed by atoms with Crippen LogP contribution in [0.4, 0.5) is 8.78 Å². The van der Waals surface area contributed by atoms with Crippen molar-refractivity contribution in [2.45, 2.75) is 38.1 Å². The fourth-order valence-electron chi connectivity index (χ4n) is 4.83. The summed E-state index contributed by atoms with van der Waals surface area (Å²) in [6, 6.07) is 14.2. The summed E-state index contributed by atoms with van der Waals surface area (Å²) in [7, 11) is 4.19. The van der Waals surface area contributed by atoms with Crippen molar-refractivity contribution in [3.05, 3.63) is 65.8 Å². The lowest BCUT2D eigenvalue weighted by Crippen LogP contribution is -2.30. The highest BCUT2D eigenvalue weighted by atomic mass is 19.1. The van der Waals surface area contributed by atoms with Crippen molar-refractivity contribution in [2.75, 3.05) is 21.0 Å². The first kappa shape index (κ1) is 22.4. The van der Waals surface area contributed by atoms with Gasteiger partial charge < -0.3 is 14.2 Å². The standard InChI is InChI=1S/C25H29F2N3O2/c1-30(2)24(19-7-11-21(27)12-8-19)18-5-3-17(4-6-18)15-23-28-25(29-32-23)20-9-13-22(14-10-20)31-16-26/h7-14,17-18,24H,3-6,15-16H2,1-2H3. The van der Waals surface area contributed by atoms with Gasteiger partial charge in [-0.2, -0.15) is 4.98 Å². The summed E-state index contributed by atoms with van der Waals surface area (Å²) >= 11 is 0. The van der Waals surface area contributed by atoms with E-state index in [1.807, 2.05) is 12.1 Å². The van der Waals surface area contributed by atoms with E-state index in [-0.39, 0.29) is 11.9 Å². The lowest BCUT2D eigenvalue weighted by atomic mass is 9.75. The van der Waals surface area contributed by atoms with E-state index in [0.717, 1.165) is 37.7 Å². The van der Waals surface area contributed by atoms with E-state index in [1.165, 1.54) is 5.56 Å². The first-order chi connectivity index (χ1) is 15.5. The highest BCUT2D eigenvalue weighted by Gasteiger charge is 2.30. The number of aromatic nitrogens is 2. The maximum absolute atomic E-state index is 13.4. The van der Waals surface area contributed by atoms with Gasteiger partial charge >= 0.3 is 0 Å². The minimum absolute atomic E-state index is 0.196. The number of benzene rings is 2. The van der Waals surface area contributed by atoms with Crippen LogP contribution in [0.25, 0.3) is 11.4 Å². The molecule has 1 aliphatic carbocycles. The minimum Gasteiger partial charge on any atom is -0.463 e. The first-order valence-corrected chi connectivity index (χ1v) is 11.1. The molecule has 5 nitrogen and oxygen atoms in total. The lowest BCUT2D eigenvalue weighted by molar-refractivity contribution is 0.146. The third-order valence-corrected chi connectivity index (χ3v) is 6.37. The Bertz CT molecular complexity index is 981. The Morgan fingerprint density at radius 1 is 1.03 bits per heavy atom. The molecule has 1 saturated carbocycles. The number of nitrogens with zero attached hydrogens (tertiary/aromatic N) is 3. The van der Waals surface area contributed by atoms with Crippen molar-refractivity contribution < 1.29 is 18.0 Å². The summed E-state index contributed by atoms with van der Waals surface area (Å²) in [6.07, 6.45) is 5.20. The summed E-state index contributed by atoms with van der Waals surface area (Å²) in [4.78, 5) is 6.79. The minimum atomic E-state index is -0.854. The maximum atomic E-state index is 13.4. The molecule has 1 fully saturated rings. The first-order valence-electron chi connectivity index (χ1n) is 11.1. The number of alkyl halides is 1. The fourth-order valence-corrected chi connectivity index (χ4v) is 4.83. The molecule has 0 aliphatic heterocycles. The molecular weight excluding hydrogens is 412 g/mol. The normalized spacial score (nSPS) is 19.8. The topological polar surface area (TPSA) is 51.4 Å². The van der Waals surface area contributed by atoms with Crippen molar-refractivity contribution in [1.82, 2.24) is 15.0 Å². The molecule has 2 aromatic carbocycles. The molecule has 1 atom stereocenters. The number of ether oxygens (including phenoxy) is 1. The van der Waals surface area contributed by atoms with Gasteiger partial charge in [-0.05, 0) is 93.6 Å². The Morgan fingerprint density at radius 2 is 1.72 bits per heavy atom. The summed E-state index contributed by atoms with van der Waals surface area (Å²) in [6.45, 7) is -0.854. The van der Waals surface area contributed by atoms with Gasteiger partial charge in [0.2, 0.25) is 18.6 Å². The largest absolute Gasteiger partial charge is 0.463 e. The molecule has 1 heterocycles. The Kier molecular flexibility index (Phi) is 7.15. The molecule has 0 spiro atoms. The van der Waals surface area contributed by atoms with Crippen LogP contribution in [-0.2, 0) is 6.42 Å². The number of hydrogen-bond donors (Lipinski definition) is 0. The van der Waals surface area contributed by atoms with Gasteiger partial charge in [0.1, 0.15) is 11.6 Å². The van der Waals surface area contributed by atoms with Crippen molar-refractivity contribution >= 4 is 0 Å². The van der Waals surface area contributed by atoms with E-state index in [0.29, 0.717) is 29.3 Å². The second-order valence-corrected chi connectivity index (χ2v) is 8.73. The van der Waals surface area contributed by atoms with Crippen LogP contribution in [0.15, 0.2) is 53.1 Å². The van der Waals surface area contributed by atoms with Gasteiger partial charge in [0, 0.05) is 18.0 Å². The summed E-state index contributed by atoms with van der Waals surface area (Å²) in [5, 5.41) is 4.10. The molecule has 0 saturated heterocycles. The Labute approximate surface area is 187 Å². The van der Waals surface area contributed by atoms with Crippen molar-refractivity contribution in [3.63, 3.8) is 0 Å². The van der Waals surface area contributed by atoms with Crippen molar-refractivity contribution in [2.24, 2.45) is 11.8 Å². The Balaban J connectivity index is 1.34. The average molecular weight is 442 g/mol. The summed E-state index contributed by atoms with van der Waals surface area (Å²) in [5.74, 6) is 2.50. The maximum Gasteiger partial charge on any atom is 0.228 e.